The van der Waals surface area contributed by atoms with Gasteiger partial charge in [-0.3, -0.25) is 4.79 Å². The number of imidazole rings is 1. The van der Waals surface area contributed by atoms with Crippen molar-refractivity contribution in [3.63, 3.8) is 0 Å². The lowest BCUT2D eigenvalue weighted by atomic mass is 10.0. The molecule has 174 valence electrons. The fourth-order valence-corrected chi connectivity index (χ4v) is 3.90. The zero-order valence-electron chi connectivity index (χ0n) is 20.0. The molecule has 0 bridgehead atoms. The topological polar surface area (TPSA) is 72.7 Å². The van der Waals surface area contributed by atoms with Gasteiger partial charge in [0, 0.05) is 17.4 Å². The Kier molecular flexibility index (Phi) is 6.77. The van der Waals surface area contributed by atoms with Gasteiger partial charge in [0.15, 0.2) is 0 Å². The largest absolute Gasteiger partial charge is 0.462 e. The van der Waals surface area contributed by atoms with Gasteiger partial charge in [0.1, 0.15) is 5.65 Å². The summed E-state index contributed by atoms with van der Waals surface area (Å²) >= 11 is 0. The molecule has 6 heteroatoms. The zero-order valence-corrected chi connectivity index (χ0v) is 20.0. The number of rotatable bonds is 7. The van der Waals surface area contributed by atoms with E-state index >= 15 is 0 Å². The average Bonchev–Trinajstić information content (AvgIpc) is 3.19. The van der Waals surface area contributed by atoms with Crippen LogP contribution in [-0.2, 0) is 16.0 Å². The normalized spacial score (nSPS) is 10.9. The number of anilines is 1. The van der Waals surface area contributed by atoms with Gasteiger partial charge in [0.25, 0.3) is 0 Å². The zero-order chi connectivity index (χ0) is 24.2. The molecule has 1 amide bonds. The van der Waals surface area contributed by atoms with Crippen LogP contribution in [-0.4, -0.2) is 27.9 Å². The Hall–Kier alpha value is -3.93. The molecule has 6 nitrogen and oxygen atoms in total. The smallest absolute Gasteiger partial charge is 0.338 e. The van der Waals surface area contributed by atoms with Crippen molar-refractivity contribution in [1.82, 2.24) is 9.38 Å². The van der Waals surface area contributed by atoms with E-state index in [2.05, 4.69) is 31.3 Å². The molecule has 34 heavy (non-hydrogen) atoms. The van der Waals surface area contributed by atoms with E-state index < -0.39 is 5.97 Å². The van der Waals surface area contributed by atoms with Crippen molar-refractivity contribution in [3.05, 3.63) is 88.7 Å². The number of aryl methyl sites for hydroxylation is 3. The van der Waals surface area contributed by atoms with Gasteiger partial charge in [-0.15, -0.1) is 0 Å². The number of esters is 1. The van der Waals surface area contributed by atoms with Crippen molar-refractivity contribution in [1.29, 1.82) is 0 Å². The van der Waals surface area contributed by atoms with Crippen LogP contribution in [0.15, 0.2) is 60.8 Å². The van der Waals surface area contributed by atoms with Crippen LogP contribution < -0.4 is 5.32 Å². The molecule has 2 aromatic heterocycles. The van der Waals surface area contributed by atoms with Gasteiger partial charge >= 0.3 is 5.97 Å². The molecule has 2 aromatic carbocycles. The molecular weight excluding hydrogens is 426 g/mol. The Labute approximate surface area is 199 Å². The lowest BCUT2D eigenvalue weighted by molar-refractivity contribution is -0.115. The third-order valence-corrected chi connectivity index (χ3v) is 5.87. The lowest BCUT2D eigenvalue weighted by Gasteiger charge is -2.10. The van der Waals surface area contributed by atoms with Crippen molar-refractivity contribution >= 4 is 23.2 Å². The Bertz CT molecular complexity index is 1370. The number of carbonyl (C=O) groups excluding carboxylic acids is 2. The predicted octanol–water partition coefficient (Wildman–Crippen LogP) is 5.67. The standard InChI is InChI=1S/C28H29N3O3/c1-5-14-34-28(33)22-9-6-10-23(16-22)29-25(32)17-24-26(21-12-11-18(2)20(4)15-21)30-27-19(3)8-7-13-31(24)27/h6-13,15-16H,5,14,17H2,1-4H3,(H,29,32). The van der Waals surface area contributed by atoms with Gasteiger partial charge in [-0.25, -0.2) is 9.78 Å². The van der Waals surface area contributed by atoms with Crippen molar-refractivity contribution in [2.24, 2.45) is 0 Å². The van der Waals surface area contributed by atoms with Gasteiger partial charge in [-0.1, -0.05) is 31.2 Å². The Morgan fingerprint density at radius 3 is 2.56 bits per heavy atom. The summed E-state index contributed by atoms with van der Waals surface area (Å²) in [6.07, 6.45) is 2.83. The van der Waals surface area contributed by atoms with Crippen LogP contribution >= 0.6 is 0 Å². The number of hydrogen-bond acceptors (Lipinski definition) is 4. The van der Waals surface area contributed by atoms with Crippen LogP contribution in [0.3, 0.4) is 0 Å². The number of ether oxygens (including phenoxy) is 1. The highest BCUT2D eigenvalue weighted by Crippen LogP contribution is 2.28. The molecule has 0 atom stereocenters. The highest BCUT2D eigenvalue weighted by molar-refractivity contribution is 5.96. The number of hydrogen-bond donors (Lipinski definition) is 1. The summed E-state index contributed by atoms with van der Waals surface area (Å²) in [5.74, 6) is -0.584. The summed E-state index contributed by atoms with van der Waals surface area (Å²) in [6, 6.07) is 17.0. The Morgan fingerprint density at radius 2 is 1.79 bits per heavy atom. The first-order valence-corrected chi connectivity index (χ1v) is 11.5. The first-order valence-electron chi connectivity index (χ1n) is 11.5. The summed E-state index contributed by atoms with van der Waals surface area (Å²) in [5.41, 5.74) is 7.81. The van der Waals surface area contributed by atoms with E-state index in [0.29, 0.717) is 17.9 Å². The van der Waals surface area contributed by atoms with E-state index in [-0.39, 0.29) is 12.3 Å². The molecule has 4 rings (SSSR count). The monoisotopic (exact) mass is 455 g/mol. The van der Waals surface area contributed by atoms with Crippen LogP contribution in [0.5, 0.6) is 0 Å². The SMILES string of the molecule is CCCOC(=O)c1cccc(NC(=O)Cc2c(-c3ccc(C)c(C)c3)nc3c(C)cccn23)c1. The minimum absolute atomic E-state index is 0.136. The van der Waals surface area contributed by atoms with E-state index in [1.165, 1.54) is 11.1 Å². The van der Waals surface area contributed by atoms with E-state index in [0.717, 1.165) is 34.6 Å². The van der Waals surface area contributed by atoms with Crippen molar-refractivity contribution in [3.8, 4) is 11.3 Å². The number of aromatic nitrogens is 2. The summed E-state index contributed by atoms with van der Waals surface area (Å²) < 4.78 is 7.19. The molecule has 2 heterocycles. The van der Waals surface area contributed by atoms with Crippen molar-refractivity contribution in [2.45, 2.75) is 40.5 Å². The number of nitrogens with one attached hydrogen (secondary N) is 1. The molecule has 0 aliphatic carbocycles. The maximum atomic E-state index is 13.1. The molecule has 0 saturated carbocycles. The quantitative estimate of drug-likeness (QED) is 0.364. The molecule has 0 radical (unpaired) electrons. The second kappa shape index (κ2) is 9.91. The van der Waals surface area contributed by atoms with Gasteiger partial charge in [0.2, 0.25) is 5.91 Å². The number of benzene rings is 2. The number of fused-ring (bicyclic) bond motifs is 1. The Morgan fingerprint density at radius 1 is 0.971 bits per heavy atom. The van der Waals surface area contributed by atoms with Gasteiger partial charge in [-0.2, -0.15) is 0 Å². The Balaban J connectivity index is 1.64. The van der Waals surface area contributed by atoms with E-state index in [9.17, 15) is 9.59 Å². The molecule has 0 aliphatic rings. The maximum Gasteiger partial charge on any atom is 0.338 e. The summed E-state index contributed by atoms with van der Waals surface area (Å²) in [6.45, 7) is 8.47. The van der Waals surface area contributed by atoms with Gasteiger partial charge in [-0.05, 0) is 74.2 Å². The minimum Gasteiger partial charge on any atom is -0.462 e. The van der Waals surface area contributed by atoms with E-state index in [1.807, 2.05) is 42.6 Å². The van der Waals surface area contributed by atoms with Crippen LogP contribution in [0.4, 0.5) is 5.69 Å². The third-order valence-electron chi connectivity index (χ3n) is 5.87. The number of carbonyl (C=O) groups is 2. The first-order chi connectivity index (χ1) is 16.4. The second-order valence-electron chi connectivity index (χ2n) is 8.53. The van der Waals surface area contributed by atoms with Crippen LogP contribution in [0.1, 0.15) is 46.1 Å². The summed E-state index contributed by atoms with van der Waals surface area (Å²) in [7, 11) is 0. The maximum absolute atomic E-state index is 13.1. The highest BCUT2D eigenvalue weighted by Gasteiger charge is 2.19. The fraction of sp³-hybridized carbons (Fsp3) is 0.250. The van der Waals surface area contributed by atoms with Crippen LogP contribution in [0.25, 0.3) is 16.9 Å². The molecule has 0 spiro atoms. The van der Waals surface area contributed by atoms with Crippen molar-refractivity contribution in [2.75, 3.05) is 11.9 Å². The summed E-state index contributed by atoms with van der Waals surface area (Å²) in [4.78, 5) is 30.2. The second-order valence-corrected chi connectivity index (χ2v) is 8.53. The number of nitrogens with zero attached hydrogens (tertiary/aromatic N) is 2. The minimum atomic E-state index is -0.396. The average molecular weight is 456 g/mol. The van der Waals surface area contributed by atoms with Crippen molar-refractivity contribution < 1.29 is 14.3 Å². The van der Waals surface area contributed by atoms with Gasteiger partial charge in [0.05, 0.1) is 30.0 Å². The number of pyridine rings is 1. The molecule has 0 fully saturated rings. The molecule has 4 aromatic rings. The number of amides is 1. The predicted molar refractivity (Wildman–Crippen MR) is 134 cm³/mol. The third kappa shape index (κ3) is 4.86. The lowest BCUT2D eigenvalue weighted by Crippen LogP contribution is -2.16. The summed E-state index contributed by atoms with van der Waals surface area (Å²) in [5, 5.41) is 2.92. The molecule has 0 unspecified atom stereocenters. The van der Waals surface area contributed by atoms with Crippen LogP contribution in [0.2, 0.25) is 0 Å². The van der Waals surface area contributed by atoms with E-state index in [4.69, 9.17) is 9.72 Å². The molecule has 1 N–H and O–H groups in total. The first kappa shape index (κ1) is 23.2. The van der Waals surface area contributed by atoms with Crippen LogP contribution in [0, 0.1) is 20.8 Å². The molecule has 0 saturated heterocycles. The molecular formula is C28H29N3O3. The van der Waals surface area contributed by atoms with E-state index in [1.54, 1.807) is 24.3 Å². The van der Waals surface area contributed by atoms with Gasteiger partial charge < -0.3 is 14.5 Å². The fourth-order valence-electron chi connectivity index (χ4n) is 3.90. The molecule has 0 aliphatic heterocycles. The highest BCUT2D eigenvalue weighted by atomic mass is 16.5.